The first kappa shape index (κ1) is 30.2. The maximum Gasteiger partial charge on any atom is 0.307 e. The number of nitrogens with one attached hydrogen (secondary N) is 1. The summed E-state index contributed by atoms with van der Waals surface area (Å²) in [5.41, 5.74) is 4.67. The second kappa shape index (κ2) is 12.4. The maximum atomic E-state index is 13.2. The third kappa shape index (κ3) is 7.50. The van der Waals surface area contributed by atoms with Gasteiger partial charge in [0, 0.05) is 36.3 Å². The zero-order valence-electron chi connectivity index (χ0n) is 23.1. The molecule has 7 nitrogen and oxygen atoms in total. The number of hydrogen-bond donors (Lipinski definition) is 3. The van der Waals surface area contributed by atoms with Gasteiger partial charge in [0.25, 0.3) is 0 Å². The Balaban J connectivity index is 1.33. The van der Waals surface area contributed by atoms with Crippen LogP contribution in [0.2, 0.25) is 5.02 Å². The van der Waals surface area contributed by atoms with Gasteiger partial charge in [-0.05, 0) is 73.4 Å². The van der Waals surface area contributed by atoms with E-state index in [4.69, 9.17) is 16.7 Å². The third-order valence-electron chi connectivity index (χ3n) is 7.49. The zero-order chi connectivity index (χ0) is 29.1. The minimum atomic E-state index is -3.88. The topological polar surface area (TPSA) is 107 Å². The number of nitrogens with zero attached hydrogens (tertiary/aromatic N) is 1. The molecule has 3 aromatic rings. The molecule has 0 spiro atoms. The van der Waals surface area contributed by atoms with Crippen molar-refractivity contribution in [3.63, 3.8) is 0 Å². The first-order chi connectivity index (χ1) is 18.8. The highest BCUT2D eigenvalue weighted by atomic mass is 35.5. The van der Waals surface area contributed by atoms with E-state index in [-0.39, 0.29) is 35.0 Å². The Morgan fingerprint density at radius 1 is 1.07 bits per heavy atom. The van der Waals surface area contributed by atoms with Crippen LogP contribution in [0.5, 0.6) is 0 Å². The Kier molecular flexibility index (Phi) is 9.37. The van der Waals surface area contributed by atoms with Gasteiger partial charge in [-0.15, -0.1) is 0 Å². The van der Waals surface area contributed by atoms with Crippen LogP contribution in [0.25, 0.3) is 11.1 Å². The Hall–Kier alpha value is -2.75. The van der Waals surface area contributed by atoms with Gasteiger partial charge in [-0.2, -0.15) is 4.31 Å². The number of carboxylic acid groups (broad SMARTS) is 1. The molecule has 9 heteroatoms. The van der Waals surface area contributed by atoms with Gasteiger partial charge in [-0.25, -0.2) is 8.42 Å². The van der Waals surface area contributed by atoms with Crippen LogP contribution in [0.4, 0.5) is 0 Å². The molecule has 3 N–H and O–H groups in total. The number of carbonyl (C=O) groups is 1. The van der Waals surface area contributed by atoms with E-state index in [1.54, 1.807) is 30.3 Å². The molecule has 3 aromatic carbocycles. The van der Waals surface area contributed by atoms with E-state index in [9.17, 15) is 18.3 Å². The summed E-state index contributed by atoms with van der Waals surface area (Å²) in [7, 11) is -2.44. The van der Waals surface area contributed by atoms with Crippen LogP contribution in [0.15, 0.2) is 71.6 Å². The van der Waals surface area contributed by atoms with E-state index in [1.807, 2.05) is 0 Å². The normalized spacial score (nSPS) is 14.8. The van der Waals surface area contributed by atoms with Crippen molar-refractivity contribution >= 4 is 27.6 Å². The van der Waals surface area contributed by atoms with Crippen molar-refractivity contribution in [1.82, 2.24) is 9.62 Å². The molecule has 0 amide bonds. The van der Waals surface area contributed by atoms with Crippen LogP contribution in [0.1, 0.15) is 37.0 Å². The number of aliphatic hydroxyl groups is 1. The number of aliphatic hydroxyl groups excluding tert-OH is 1. The lowest BCUT2D eigenvalue weighted by atomic mass is 9.88. The van der Waals surface area contributed by atoms with Crippen molar-refractivity contribution in [2.24, 2.45) is 5.92 Å². The lowest BCUT2D eigenvalue weighted by molar-refractivity contribution is -0.136. The minimum absolute atomic E-state index is 0.0348. The van der Waals surface area contributed by atoms with Crippen LogP contribution in [0.3, 0.4) is 0 Å². The van der Waals surface area contributed by atoms with E-state index in [2.05, 4.69) is 43.4 Å². The first-order valence-electron chi connectivity index (χ1n) is 13.4. The second-order valence-electron chi connectivity index (χ2n) is 11.4. The lowest BCUT2D eigenvalue weighted by Gasteiger charge is -2.31. The molecule has 0 aliphatic heterocycles. The standard InChI is InChI=1S/C31H37ClN2O5S/c1-31(2,18-22-14-24-6-4-5-7-25(24)15-22)33-19-26(35)20-34(3)40(38,39)27-12-13-28(29(32)17-27)23-10-8-21(9-11-23)16-30(36)37/h4-13,17,22,26,33,35H,14-16,18-20H2,1-3H3,(H,36,37)/t26-/m1/s1. The number of halogens is 1. The molecule has 40 heavy (non-hydrogen) atoms. The van der Waals surface area contributed by atoms with Crippen LogP contribution in [-0.2, 0) is 34.1 Å². The summed E-state index contributed by atoms with van der Waals surface area (Å²) in [5.74, 6) is -0.375. The number of carboxylic acids is 1. The summed E-state index contributed by atoms with van der Waals surface area (Å²) in [5, 5.41) is 23.3. The van der Waals surface area contributed by atoms with Gasteiger partial charge in [0.1, 0.15) is 0 Å². The van der Waals surface area contributed by atoms with Crippen molar-refractivity contribution in [2.45, 2.75) is 56.1 Å². The number of benzene rings is 3. The fraction of sp³-hybridized carbons (Fsp3) is 0.387. The van der Waals surface area contributed by atoms with Crippen LogP contribution in [-0.4, -0.2) is 60.7 Å². The highest BCUT2D eigenvalue weighted by Gasteiger charge is 2.29. The van der Waals surface area contributed by atoms with Gasteiger partial charge in [0.05, 0.1) is 17.4 Å². The van der Waals surface area contributed by atoms with Gasteiger partial charge in [-0.3, -0.25) is 4.79 Å². The molecule has 1 atom stereocenters. The summed E-state index contributed by atoms with van der Waals surface area (Å²) in [6.45, 7) is 4.44. The monoisotopic (exact) mass is 584 g/mol. The number of likely N-dealkylation sites (N-methyl/N-ethyl adjacent to an activating group) is 1. The molecule has 0 radical (unpaired) electrons. The number of fused-ring (bicyclic) bond motifs is 1. The quantitative estimate of drug-likeness (QED) is 0.283. The minimum Gasteiger partial charge on any atom is -0.481 e. The number of hydrogen-bond acceptors (Lipinski definition) is 5. The fourth-order valence-electron chi connectivity index (χ4n) is 5.49. The number of aliphatic carboxylic acids is 1. The summed E-state index contributed by atoms with van der Waals surface area (Å²) in [4.78, 5) is 10.9. The molecule has 1 aliphatic rings. The first-order valence-corrected chi connectivity index (χ1v) is 15.2. The number of sulfonamides is 1. The molecular formula is C31H37ClN2O5S. The third-order valence-corrected chi connectivity index (χ3v) is 9.62. The van der Waals surface area contributed by atoms with E-state index >= 15 is 0 Å². The molecule has 0 fully saturated rings. The molecule has 214 valence electrons. The Labute approximate surface area is 241 Å². The molecule has 0 unspecified atom stereocenters. The van der Waals surface area contributed by atoms with Gasteiger partial charge in [-0.1, -0.05) is 66.2 Å². The SMILES string of the molecule is CN(C[C@H](O)CNC(C)(C)CC1Cc2ccccc2C1)S(=O)(=O)c1ccc(-c2ccc(CC(=O)O)cc2)c(Cl)c1. The Bertz CT molecular complexity index is 1430. The summed E-state index contributed by atoms with van der Waals surface area (Å²) in [6.07, 6.45) is 2.10. The lowest BCUT2D eigenvalue weighted by Crippen LogP contribution is -2.47. The molecule has 4 rings (SSSR count). The second-order valence-corrected chi connectivity index (χ2v) is 13.8. The molecule has 1 aliphatic carbocycles. The smallest absolute Gasteiger partial charge is 0.307 e. The maximum absolute atomic E-state index is 13.2. The predicted molar refractivity (Wildman–Crippen MR) is 158 cm³/mol. The molecular weight excluding hydrogens is 548 g/mol. The van der Waals surface area contributed by atoms with E-state index < -0.39 is 22.1 Å². The van der Waals surface area contributed by atoms with E-state index in [1.165, 1.54) is 30.3 Å². The molecule has 0 saturated carbocycles. The average Bonchev–Trinajstić information content (AvgIpc) is 3.29. The van der Waals surface area contributed by atoms with Gasteiger partial charge >= 0.3 is 5.97 Å². The fourth-order valence-corrected chi connectivity index (χ4v) is 7.08. The molecule has 0 bridgehead atoms. The average molecular weight is 585 g/mol. The Morgan fingerprint density at radius 2 is 1.70 bits per heavy atom. The van der Waals surface area contributed by atoms with Crippen molar-refractivity contribution in [2.75, 3.05) is 20.1 Å². The largest absolute Gasteiger partial charge is 0.481 e. The van der Waals surface area contributed by atoms with Crippen LogP contribution >= 0.6 is 11.6 Å². The van der Waals surface area contributed by atoms with E-state index in [0.717, 1.165) is 29.1 Å². The van der Waals surface area contributed by atoms with Crippen LogP contribution < -0.4 is 5.32 Å². The van der Waals surface area contributed by atoms with Crippen molar-refractivity contribution < 1.29 is 23.4 Å². The van der Waals surface area contributed by atoms with Crippen molar-refractivity contribution in [1.29, 1.82) is 0 Å². The van der Waals surface area contributed by atoms with Gasteiger partial charge < -0.3 is 15.5 Å². The molecule has 0 aromatic heterocycles. The van der Waals surface area contributed by atoms with Crippen LogP contribution in [0, 0.1) is 5.92 Å². The summed E-state index contributed by atoms with van der Waals surface area (Å²) in [6, 6.07) is 20.0. The predicted octanol–water partition coefficient (Wildman–Crippen LogP) is 4.79. The Morgan fingerprint density at radius 3 is 2.27 bits per heavy atom. The van der Waals surface area contributed by atoms with E-state index in [0.29, 0.717) is 17.0 Å². The van der Waals surface area contributed by atoms with Gasteiger partial charge in [0.2, 0.25) is 10.0 Å². The summed E-state index contributed by atoms with van der Waals surface area (Å²) >= 11 is 6.47. The van der Waals surface area contributed by atoms with Gasteiger partial charge in [0.15, 0.2) is 0 Å². The summed E-state index contributed by atoms with van der Waals surface area (Å²) < 4.78 is 27.6. The number of rotatable bonds is 12. The number of β-amino-alcohol motifs (C(OH)–C–C–N with tert-alkyl or cyclic N) is 1. The van der Waals surface area contributed by atoms with Crippen molar-refractivity contribution in [3.8, 4) is 11.1 Å². The highest BCUT2D eigenvalue weighted by Crippen LogP contribution is 2.33. The van der Waals surface area contributed by atoms with Crippen molar-refractivity contribution in [3.05, 3.63) is 88.4 Å². The molecule has 0 saturated heterocycles. The molecule has 0 heterocycles. The highest BCUT2D eigenvalue weighted by molar-refractivity contribution is 7.89. The zero-order valence-corrected chi connectivity index (χ0v) is 24.7.